The van der Waals surface area contributed by atoms with Crippen LogP contribution in [-0.2, 0) is 10.1 Å². The van der Waals surface area contributed by atoms with Crippen molar-refractivity contribution in [2.75, 3.05) is 6.26 Å². The largest absolute Gasteiger partial charge is 0.381 e. The number of hydrogen-bond acceptors (Lipinski definition) is 3. The Morgan fingerprint density at radius 3 is 2.54 bits per heavy atom. The number of halogens is 2. The van der Waals surface area contributed by atoms with Crippen LogP contribution >= 0.6 is 15.9 Å². The van der Waals surface area contributed by atoms with Crippen molar-refractivity contribution in [2.45, 2.75) is 0 Å². The van der Waals surface area contributed by atoms with E-state index in [1.54, 1.807) is 0 Å². The predicted octanol–water partition coefficient (Wildman–Crippen LogP) is 1.93. The summed E-state index contributed by atoms with van der Waals surface area (Å²) in [6, 6.07) is 3.48. The minimum absolute atomic E-state index is 0.0731. The van der Waals surface area contributed by atoms with Crippen molar-refractivity contribution in [2.24, 2.45) is 0 Å². The van der Waals surface area contributed by atoms with Gasteiger partial charge in [-0.25, -0.2) is 4.39 Å². The van der Waals surface area contributed by atoms with Gasteiger partial charge in [-0.2, -0.15) is 8.42 Å². The van der Waals surface area contributed by atoms with E-state index in [0.717, 1.165) is 18.4 Å². The molecule has 0 amide bonds. The second kappa shape index (κ2) is 3.63. The van der Waals surface area contributed by atoms with Gasteiger partial charge in [0.15, 0.2) is 5.75 Å². The fourth-order valence-corrected chi connectivity index (χ4v) is 1.72. The molecule has 0 fully saturated rings. The van der Waals surface area contributed by atoms with Crippen LogP contribution in [0.15, 0.2) is 22.7 Å². The Bertz CT molecular complexity index is 416. The molecule has 1 rings (SSSR count). The molecule has 0 aliphatic rings. The minimum Gasteiger partial charge on any atom is -0.381 e. The molecule has 6 heteroatoms. The van der Waals surface area contributed by atoms with Crippen molar-refractivity contribution < 1.29 is 17.0 Å². The highest BCUT2D eigenvalue weighted by Gasteiger charge is 2.08. The molecule has 0 saturated carbocycles. The van der Waals surface area contributed by atoms with E-state index in [9.17, 15) is 12.8 Å². The van der Waals surface area contributed by atoms with Crippen molar-refractivity contribution in [3.63, 3.8) is 0 Å². The molecule has 72 valence electrons. The zero-order chi connectivity index (χ0) is 10.1. The van der Waals surface area contributed by atoms with E-state index in [4.69, 9.17) is 0 Å². The third kappa shape index (κ3) is 3.31. The minimum atomic E-state index is -3.56. The van der Waals surface area contributed by atoms with Crippen molar-refractivity contribution in [3.8, 4) is 5.75 Å². The van der Waals surface area contributed by atoms with E-state index < -0.39 is 15.9 Å². The first-order valence-corrected chi connectivity index (χ1v) is 5.84. The molecule has 0 unspecified atom stereocenters. The lowest BCUT2D eigenvalue weighted by atomic mass is 10.3. The van der Waals surface area contributed by atoms with Gasteiger partial charge in [-0.3, -0.25) is 0 Å². The average molecular weight is 269 g/mol. The van der Waals surface area contributed by atoms with Crippen LogP contribution in [0.25, 0.3) is 0 Å². The maximum Gasteiger partial charge on any atom is 0.306 e. The Hall–Kier alpha value is -0.620. The Labute approximate surface area is 83.8 Å². The molecule has 0 spiro atoms. The van der Waals surface area contributed by atoms with Crippen LogP contribution < -0.4 is 4.18 Å². The van der Waals surface area contributed by atoms with Gasteiger partial charge in [0.2, 0.25) is 0 Å². The van der Waals surface area contributed by atoms with Crippen LogP contribution in [0.1, 0.15) is 0 Å². The van der Waals surface area contributed by atoms with Crippen molar-refractivity contribution in [1.82, 2.24) is 0 Å². The van der Waals surface area contributed by atoms with Crippen LogP contribution in [0.4, 0.5) is 4.39 Å². The molecular weight excluding hydrogens is 263 g/mol. The Morgan fingerprint density at radius 2 is 2.08 bits per heavy atom. The van der Waals surface area contributed by atoms with Gasteiger partial charge in [0.25, 0.3) is 0 Å². The van der Waals surface area contributed by atoms with E-state index in [0.29, 0.717) is 0 Å². The maximum atomic E-state index is 12.5. The fourth-order valence-electron chi connectivity index (χ4n) is 0.706. The molecule has 1 aromatic carbocycles. The standard InChI is InChI=1S/C7H6BrFO3S/c1-13(10,11)12-7-3-2-5(9)4-6(7)8/h2-4H,1H3. The summed E-state index contributed by atoms with van der Waals surface area (Å²) in [6.07, 6.45) is 0.919. The molecule has 0 atom stereocenters. The highest BCUT2D eigenvalue weighted by atomic mass is 79.9. The van der Waals surface area contributed by atoms with Crippen molar-refractivity contribution in [1.29, 1.82) is 0 Å². The van der Waals surface area contributed by atoms with Crippen LogP contribution in [0.3, 0.4) is 0 Å². The normalized spacial score (nSPS) is 11.3. The van der Waals surface area contributed by atoms with Crippen molar-refractivity contribution in [3.05, 3.63) is 28.5 Å². The van der Waals surface area contributed by atoms with E-state index in [-0.39, 0.29) is 10.2 Å². The summed E-state index contributed by atoms with van der Waals surface area (Å²) >= 11 is 2.97. The zero-order valence-corrected chi connectivity index (χ0v) is 9.02. The summed E-state index contributed by atoms with van der Waals surface area (Å²) < 4.78 is 38.8. The lowest BCUT2D eigenvalue weighted by Gasteiger charge is -2.04. The van der Waals surface area contributed by atoms with Gasteiger partial charge in [-0.1, -0.05) is 0 Å². The maximum absolute atomic E-state index is 12.5. The van der Waals surface area contributed by atoms with Gasteiger partial charge in [0.1, 0.15) is 5.82 Å². The van der Waals surface area contributed by atoms with Gasteiger partial charge >= 0.3 is 10.1 Å². The lowest BCUT2D eigenvalue weighted by Crippen LogP contribution is -2.06. The third-order valence-corrected chi connectivity index (χ3v) is 2.24. The zero-order valence-electron chi connectivity index (χ0n) is 6.62. The summed E-state index contributed by atoms with van der Waals surface area (Å²) in [5, 5.41) is 0. The Kier molecular flexibility index (Phi) is 2.92. The van der Waals surface area contributed by atoms with Gasteiger partial charge < -0.3 is 4.18 Å². The summed E-state index contributed by atoms with van der Waals surface area (Å²) in [4.78, 5) is 0. The molecule has 3 nitrogen and oxygen atoms in total. The highest BCUT2D eigenvalue weighted by Crippen LogP contribution is 2.26. The molecule has 0 aromatic heterocycles. The molecule has 0 aliphatic carbocycles. The quantitative estimate of drug-likeness (QED) is 0.770. The van der Waals surface area contributed by atoms with Gasteiger partial charge in [0, 0.05) is 0 Å². The molecule has 0 N–H and O–H groups in total. The van der Waals surface area contributed by atoms with Crippen LogP contribution in [0, 0.1) is 5.82 Å². The topological polar surface area (TPSA) is 43.4 Å². The van der Waals surface area contributed by atoms with E-state index in [2.05, 4.69) is 20.1 Å². The van der Waals surface area contributed by atoms with Gasteiger partial charge in [0.05, 0.1) is 10.7 Å². The number of hydrogen-bond donors (Lipinski definition) is 0. The molecule has 0 bridgehead atoms. The molecule has 13 heavy (non-hydrogen) atoms. The molecule has 0 radical (unpaired) electrons. The predicted molar refractivity (Wildman–Crippen MR) is 49.6 cm³/mol. The SMILES string of the molecule is CS(=O)(=O)Oc1ccc(F)cc1Br. The first kappa shape index (κ1) is 10.5. The molecule has 0 aliphatic heterocycles. The third-order valence-electron chi connectivity index (χ3n) is 1.14. The molecular formula is C7H6BrFO3S. The fraction of sp³-hybridized carbons (Fsp3) is 0.143. The van der Waals surface area contributed by atoms with Gasteiger partial charge in [-0.05, 0) is 34.1 Å². The van der Waals surface area contributed by atoms with Gasteiger partial charge in [-0.15, -0.1) is 0 Å². The van der Waals surface area contributed by atoms with Crippen LogP contribution in [0.2, 0.25) is 0 Å². The summed E-state index contributed by atoms with van der Waals surface area (Å²) in [6.45, 7) is 0. The van der Waals surface area contributed by atoms with Crippen molar-refractivity contribution >= 4 is 26.0 Å². The smallest absolute Gasteiger partial charge is 0.306 e. The first-order valence-electron chi connectivity index (χ1n) is 3.23. The molecule has 0 saturated heterocycles. The Balaban J connectivity index is 3.04. The molecule has 1 aromatic rings. The second-order valence-electron chi connectivity index (χ2n) is 2.36. The summed E-state index contributed by atoms with van der Waals surface area (Å²) in [5.41, 5.74) is 0. The summed E-state index contributed by atoms with van der Waals surface area (Å²) in [5.74, 6) is -0.392. The number of rotatable bonds is 2. The second-order valence-corrected chi connectivity index (χ2v) is 4.79. The van der Waals surface area contributed by atoms with E-state index >= 15 is 0 Å². The average Bonchev–Trinajstić information content (AvgIpc) is 1.93. The van der Waals surface area contributed by atoms with E-state index in [1.165, 1.54) is 6.07 Å². The van der Waals surface area contributed by atoms with Crippen LogP contribution in [0.5, 0.6) is 5.75 Å². The van der Waals surface area contributed by atoms with E-state index in [1.807, 2.05) is 0 Å². The van der Waals surface area contributed by atoms with Crippen LogP contribution in [-0.4, -0.2) is 14.7 Å². The number of benzene rings is 1. The first-order chi connectivity index (χ1) is 5.88. The summed E-state index contributed by atoms with van der Waals surface area (Å²) in [7, 11) is -3.56. The lowest BCUT2D eigenvalue weighted by molar-refractivity contribution is 0.490. The molecule has 0 heterocycles. The monoisotopic (exact) mass is 268 g/mol. The highest BCUT2D eigenvalue weighted by molar-refractivity contribution is 9.10. The Morgan fingerprint density at radius 1 is 1.46 bits per heavy atom.